The standard InChI is InChI=1S/C15H23Br/c1-6-15(5)8-7-13(12(4)10-16)9-14(15)11(2)3/h6,14H,1-2,7-10H2,3-5H3/b13-12+/t14-,15+/m0/s1. The average Bonchev–Trinajstić information content (AvgIpc) is 2.28. The van der Waals surface area contributed by atoms with Crippen LogP contribution in [0.2, 0.25) is 0 Å². The van der Waals surface area contributed by atoms with Crippen molar-refractivity contribution >= 4 is 15.9 Å². The van der Waals surface area contributed by atoms with Crippen LogP contribution in [-0.2, 0) is 0 Å². The highest BCUT2D eigenvalue weighted by molar-refractivity contribution is 9.09. The predicted octanol–water partition coefficient (Wildman–Crippen LogP) is 5.27. The van der Waals surface area contributed by atoms with Gasteiger partial charge in [0.25, 0.3) is 0 Å². The van der Waals surface area contributed by atoms with Gasteiger partial charge in [-0.2, -0.15) is 0 Å². The maximum Gasteiger partial charge on any atom is 0.0241 e. The van der Waals surface area contributed by atoms with Crippen LogP contribution in [0.1, 0.15) is 40.0 Å². The molecular weight excluding hydrogens is 260 g/mol. The van der Waals surface area contributed by atoms with Gasteiger partial charge in [-0.05, 0) is 44.4 Å². The molecule has 0 aromatic heterocycles. The Balaban J connectivity index is 2.98. The quantitative estimate of drug-likeness (QED) is 0.489. The van der Waals surface area contributed by atoms with Crippen molar-refractivity contribution in [2.75, 3.05) is 5.33 Å². The van der Waals surface area contributed by atoms with E-state index in [9.17, 15) is 0 Å². The normalized spacial score (nSPS) is 33.4. The summed E-state index contributed by atoms with van der Waals surface area (Å²) in [5.74, 6) is 0.558. The van der Waals surface area contributed by atoms with E-state index in [1.807, 2.05) is 0 Å². The maximum absolute atomic E-state index is 4.16. The van der Waals surface area contributed by atoms with Crippen molar-refractivity contribution in [3.8, 4) is 0 Å². The first-order chi connectivity index (χ1) is 7.44. The van der Waals surface area contributed by atoms with Crippen LogP contribution in [0.25, 0.3) is 0 Å². The molecule has 1 aliphatic carbocycles. The molecule has 0 radical (unpaired) electrons. The van der Waals surface area contributed by atoms with E-state index in [1.165, 1.54) is 24.0 Å². The van der Waals surface area contributed by atoms with Crippen LogP contribution < -0.4 is 0 Å². The number of hydrogen-bond acceptors (Lipinski definition) is 0. The molecule has 0 bridgehead atoms. The van der Waals surface area contributed by atoms with Gasteiger partial charge in [0.1, 0.15) is 0 Å². The molecule has 90 valence electrons. The molecule has 16 heavy (non-hydrogen) atoms. The molecule has 0 aromatic carbocycles. The first-order valence-electron chi connectivity index (χ1n) is 5.97. The van der Waals surface area contributed by atoms with E-state index in [0.29, 0.717) is 5.92 Å². The molecule has 0 saturated heterocycles. The molecule has 1 aliphatic rings. The molecule has 0 aromatic rings. The second kappa shape index (κ2) is 5.35. The van der Waals surface area contributed by atoms with Gasteiger partial charge in [-0.25, -0.2) is 0 Å². The van der Waals surface area contributed by atoms with Crippen LogP contribution in [0.5, 0.6) is 0 Å². The van der Waals surface area contributed by atoms with Gasteiger partial charge in [-0.1, -0.05) is 52.2 Å². The minimum Gasteiger partial charge on any atom is -0.103 e. The van der Waals surface area contributed by atoms with Crippen molar-refractivity contribution in [3.05, 3.63) is 36.0 Å². The monoisotopic (exact) mass is 282 g/mol. The molecule has 1 rings (SSSR count). The lowest BCUT2D eigenvalue weighted by Gasteiger charge is -2.41. The van der Waals surface area contributed by atoms with Gasteiger partial charge < -0.3 is 0 Å². The summed E-state index contributed by atoms with van der Waals surface area (Å²) in [6, 6.07) is 0. The van der Waals surface area contributed by atoms with Gasteiger partial charge in [-0.15, -0.1) is 6.58 Å². The number of rotatable bonds is 3. The molecule has 0 N–H and O–H groups in total. The van der Waals surface area contributed by atoms with Crippen molar-refractivity contribution in [3.63, 3.8) is 0 Å². The predicted molar refractivity (Wildman–Crippen MR) is 77.0 cm³/mol. The summed E-state index contributed by atoms with van der Waals surface area (Å²) in [7, 11) is 0. The SMILES string of the molecule is C=C[C@]1(C)CC/C(=C(/C)CBr)C[C@H]1C(=C)C. The maximum atomic E-state index is 4.16. The van der Waals surface area contributed by atoms with Gasteiger partial charge in [0, 0.05) is 5.33 Å². The topological polar surface area (TPSA) is 0 Å². The second-order valence-corrected chi connectivity index (χ2v) is 5.89. The number of halogens is 1. The zero-order valence-electron chi connectivity index (χ0n) is 10.8. The lowest BCUT2D eigenvalue weighted by molar-refractivity contribution is 0.239. The fourth-order valence-electron chi connectivity index (χ4n) is 2.64. The van der Waals surface area contributed by atoms with Crippen molar-refractivity contribution < 1.29 is 0 Å². The van der Waals surface area contributed by atoms with Crippen LogP contribution in [0.4, 0.5) is 0 Å². The first kappa shape index (κ1) is 13.8. The summed E-state index contributed by atoms with van der Waals surface area (Å²) < 4.78 is 0. The zero-order chi connectivity index (χ0) is 12.3. The highest BCUT2D eigenvalue weighted by atomic mass is 79.9. The van der Waals surface area contributed by atoms with Gasteiger partial charge in [-0.3, -0.25) is 0 Å². The summed E-state index contributed by atoms with van der Waals surface area (Å²) >= 11 is 3.55. The fourth-order valence-corrected chi connectivity index (χ4v) is 3.04. The molecule has 0 amide bonds. The minimum absolute atomic E-state index is 0.238. The number of hydrogen-bond donors (Lipinski definition) is 0. The van der Waals surface area contributed by atoms with Crippen molar-refractivity contribution in [1.82, 2.24) is 0 Å². The Labute approximate surface area is 109 Å². The average molecular weight is 283 g/mol. The molecule has 0 nitrogen and oxygen atoms in total. The number of allylic oxidation sites excluding steroid dienone is 4. The van der Waals surface area contributed by atoms with E-state index >= 15 is 0 Å². The Morgan fingerprint density at radius 1 is 1.56 bits per heavy atom. The van der Waals surface area contributed by atoms with Gasteiger partial charge in [0.15, 0.2) is 0 Å². The fraction of sp³-hybridized carbons (Fsp3) is 0.600. The van der Waals surface area contributed by atoms with Crippen molar-refractivity contribution in [1.29, 1.82) is 0 Å². The summed E-state index contributed by atoms with van der Waals surface area (Å²) in [6.45, 7) is 14.9. The lowest BCUT2D eigenvalue weighted by Crippen LogP contribution is -2.30. The van der Waals surface area contributed by atoms with Gasteiger partial charge in [0.2, 0.25) is 0 Å². The summed E-state index contributed by atoms with van der Waals surface area (Å²) in [5.41, 5.74) is 4.64. The molecule has 1 heteroatoms. The van der Waals surface area contributed by atoms with E-state index in [-0.39, 0.29) is 5.41 Å². The van der Waals surface area contributed by atoms with Crippen molar-refractivity contribution in [2.45, 2.75) is 40.0 Å². The van der Waals surface area contributed by atoms with E-state index < -0.39 is 0 Å². The Bertz CT molecular complexity index is 324. The second-order valence-electron chi connectivity index (χ2n) is 5.33. The van der Waals surface area contributed by atoms with Crippen LogP contribution in [-0.4, -0.2) is 5.33 Å². The van der Waals surface area contributed by atoms with Crippen LogP contribution >= 0.6 is 15.9 Å². The van der Waals surface area contributed by atoms with E-state index in [4.69, 9.17) is 0 Å². The van der Waals surface area contributed by atoms with Crippen molar-refractivity contribution in [2.24, 2.45) is 11.3 Å². The van der Waals surface area contributed by atoms with Crippen LogP contribution in [0, 0.1) is 11.3 Å². The Morgan fingerprint density at radius 3 is 2.62 bits per heavy atom. The highest BCUT2D eigenvalue weighted by Gasteiger charge is 2.36. The number of alkyl halides is 1. The minimum atomic E-state index is 0.238. The Kier molecular flexibility index (Phi) is 4.61. The molecular formula is C15H23Br. The third-order valence-electron chi connectivity index (χ3n) is 4.08. The van der Waals surface area contributed by atoms with E-state index in [1.54, 1.807) is 5.57 Å². The van der Waals surface area contributed by atoms with Crippen LogP contribution in [0.15, 0.2) is 36.0 Å². The molecule has 1 saturated carbocycles. The van der Waals surface area contributed by atoms with E-state index in [0.717, 1.165) is 11.8 Å². The molecule has 0 aliphatic heterocycles. The smallest absolute Gasteiger partial charge is 0.0241 e. The summed E-state index contributed by atoms with van der Waals surface area (Å²) in [6.07, 6.45) is 5.71. The summed E-state index contributed by atoms with van der Waals surface area (Å²) in [4.78, 5) is 0. The van der Waals surface area contributed by atoms with E-state index in [2.05, 4.69) is 55.9 Å². The molecule has 2 atom stereocenters. The third-order valence-corrected chi connectivity index (χ3v) is 4.92. The Hall–Kier alpha value is -0.300. The Morgan fingerprint density at radius 2 is 2.19 bits per heavy atom. The molecule has 0 unspecified atom stereocenters. The van der Waals surface area contributed by atoms with Crippen LogP contribution in [0.3, 0.4) is 0 Å². The first-order valence-corrected chi connectivity index (χ1v) is 7.09. The highest BCUT2D eigenvalue weighted by Crippen LogP contribution is 2.47. The molecule has 0 heterocycles. The third kappa shape index (κ3) is 2.68. The van der Waals surface area contributed by atoms with Gasteiger partial charge >= 0.3 is 0 Å². The zero-order valence-corrected chi connectivity index (χ0v) is 12.4. The largest absolute Gasteiger partial charge is 0.103 e. The molecule has 1 fully saturated rings. The van der Waals surface area contributed by atoms with Gasteiger partial charge in [0.05, 0.1) is 0 Å². The summed E-state index contributed by atoms with van der Waals surface area (Å²) in [5, 5.41) is 0.996. The molecule has 0 spiro atoms. The lowest BCUT2D eigenvalue weighted by atomic mass is 9.63.